The maximum absolute atomic E-state index is 14.0. The number of rotatable bonds is 2. The topological polar surface area (TPSA) is 68.5 Å². The van der Waals surface area contributed by atoms with E-state index in [0.717, 1.165) is 6.07 Å². The number of hydrogen-bond donors (Lipinski definition) is 0. The Bertz CT molecular complexity index is 706. The Labute approximate surface area is 130 Å². The standard InChI is InChI=1S/C14H13ClFN3O3/c1-8-17-18-13(22-8)12-7-21-5-4-19(12)14(20)10-3-2-9(15)6-11(10)16/h2-3,6,12H,4-5,7H2,1H3. The Hall–Kier alpha value is -1.99. The molecule has 1 aromatic heterocycles. The molecule has 1 atom stereocenters. The summed E-state index contributed by atoms with van der Waals surface area (Å²) in [6.07, 6.45) is 0. The lowest BCUT2D eigenvalue weighted by atomic mass is 10.1. The zero-order valence-electron chi connectivity index (χ0n) is 11.8. The molecule has 1 aliphatic rings. The third kappa shape index (κ3) is 2.82. The highest BCUT2D eigenvalue weighted by molar-refractivity contribution is 6.30. The number of aromatic nitrogens is 2. The minimum atomic E-state index is -0.663. The summed E-state index contributed by atoms with van der Waals surface area (Å²) in [4.78, 5) is 14.1. The number of ether oxygens (including phenoxy) is 1. The molecular weight excluding hydrogens is 313 g/mol. The van der Waals surface area contributed by atoms with Gasteiger partial charge < -0.3 is 14.1 Å². The molecule has 22 heavy (non-hydrogen) atoms. The van der Waals surface area contributed by atoms with Gasteiger partial charge in [0.15, 0.2) is 0 Å². The SMILES string of the molecule is Cc1nnc(C2COCCN2C(=O)c2ccc(Cl)cc2F)o1. The Morgan fingerprint density at radius 2 is 2.27 bits per heavy atom. The number of halogens is 2. The molecule has 3 rings (SSSR count). The van der Waals surface area contributed by atoms with Crippen LogP contribution in [0.4, 0.5) is 4.39 Å². The lowest BCUT2D eigenvalue weighted by molar-refractivity contribution is -0.0108. The number of morpholine rings is 1. The molecule has 8 heteroatoms. The van der Waals surface area contributed by atoms with E-state index in [1.165, 1.54) is 17.0 Å². The van der Waals surface area contributed by atoms with Crippen LogP contribution in [-0.2, 0) is 4.74 Å². The number of carbonyl (C=O) groups is 1. The van der Waals surface area contributed by atoms with Crippen molar-refractivity contribution >= 4 is 17.5 Å². The van der Waals surface area contributed by atoms with Gasteiger partial charge >= 0.3 is 0 Å². The van der Waals surface area contributed by atoms with Gasteiger partial charge in [-0.05, 0) is 18.2 Å². The molecule has 2 aromatic rings. The molecule has 0 spiro atoms. The lowest BCUT2D eigenvalue weighted by Crippen LogP contribution is -2.43. The third-order valence-corrected chi connectivity index (χ3v) is 3.61. The highest BCUT2D eigenvalue weighted by Gasteiger charge is 2.34. The highest BCUT2D eigenvalue weighted by Crippen LogP contribution is 2.26. The van der Waals surface area contributed by atoms with E-state index in [2.05, 4.69) is 10.2 Å². The van der Waals surface area contributed by atoms with Crippen LogP contribution in [0.25, 0.3) is 0 Å². The average molecular weight is 326 g/mol. The first-order valence-electron chi connectivity index (χ1n) is 6.70. The van der Waals surface area contributed by atoms with Crippen molar-refractivity contribution in [3.8, 4) is 0 Å². The van der Waals surface area contributed by atoms with Gasteiger partial charge in [-0.25, -0.2) is 4.39 Å². The summed E-state index contributed by atoms with van der Waals surface area (Å²) in [6.45, 7) is 2.56. The van der Waals surface area contributed by atoms with Crippen LogP contribution in [-0.4, -0.2) is 40.8 Å². The molecule has 1 fully saturated rings. The molecule has 1 amide bonds. The van der Waals surface area contributed by atoms with Gasteiger partial charge in [0.05, 0.1) is 18.8 Å². The van der Waals surface area contributed by atoms with Gasteiger partial charge in [0, 0.05) is 18.5 Å². The number of carbonyl (C=O) groups excluding carboxylic acids is 1. The normalized spacial score (nSPS) is 18.5. The monoisotopic (exact) mass is 325 g/mol. The Kier molecular flexibility index (Phi) is 4.08. The summed E-state index contributed by atoms with van der Waals surface area (Å²) in [5.74, 6) is -0.451. The molecule has 6 nitrogen and oxygen atoms in total. The Morgan fingerprint density at radius 3 is 2.95 bits per heavy atom. The van der Waals surface area contributed by atoms with Gasteiger partial charge in [-0.15, -0.1) is 10.2 Å². The molecule has 0 N–H and O–H groups in total. The third-order valence-electron chi connectivity index (χ3n) is 3.38. The van der Waals surface area contributed by atoms with E-state index in [9.17, 15) is 9.18 Å². The number of amides is 1. The van der Waals surface area contributed by atoms with Crippen molar-refractivity contribution in [2.75, 3.05) is 19.8 Å². The zero-order chi connectivity index (χ0) is 15.7. The van der Waals surface area contributed by atoms with Crippen LogP contribution in [0, 0.1) is 12.7 Å². The minimum absolute atomic E-state index is 0.0486. The first-order chi connectivity index (χ1) is 10.6. The fraction of sp³-hybridized carbons (Fsp3) is 0.357. The second-order valence-electron chi connectivity index (χ2n) is 4.87. The van der Waals surface area contributed by atoms with Crippen molar-refractivity contribution < 1.29 is 18.3 Å². The van der Waals surface area contributed by atoms with E-state index in [1.54, 1.807) is 6.92 Å². The van der Waals surface area contributed by atoms with E-state index < -0.39 is 17.8 Å². The van der Waals surface area contributed by atoms with Crippen LogP contribution < -0.4 is 0 Å². The van der Waals surface area contributed by atoms with Crippen LogP contribution in [0.15, 0.2) is 22.6 Å². The quantitative estimate of drug-likeness (QED) is 0.848. The number of nitrogens with zero attached hydrogens (tertiary/aromatic N) is 3. The van der Waals surface area contributed by atoms with E-state index >= 15 is 0 Å². The number of aryl methyl sites for hydroxylation is 1. The molecule has 0 radical (unpaired) electrons. The first kappa shape index (κ1) is 14.9. The first-order valence-corrected chi connectivity index (χ1v) is 7.08. The minimum Gasteiger partial charge on any atom is -0.423 e. The van der Waals surface area contributed by atoms with E-state index in [-0.39, 0.29) is 23.1 Å². The maximum Gasteiger partial charge on any atom is 0.257 e. The molecule has 1 unspecified atom stereocenters. The zero-order valence-corrected chi connectivity index (χ0v) is 12.5. The fourth-order valence-corrected chi connectivity index (χ4v) is 2.47. The number of hydrogen-bond acceptors (Lipinski definition) is 5. The van der Waals surface area contributed by atoms with Crippen molar-refractivity contribution in [1.29, 1.82) is 0 Å². The van der Waals surface area contributed by atoms with Crippen LogP contribution in [0.1, 0.15) is 28.2 Å². The van der Waals surface area contributed by atoms with Gasteiger partial charge in [-0.1, -0.05) is 11.6 Å². The Morgan fingerprint density at radius 1 is 1.45 bits per heavy atom. The van der Waals surface area contributed by atoms with Gasteiger partial charge in [0.25, 0.3) is 5.91 Å². The average Bonchev–Trinajstić information content (AvgIpc) is 2.93. The molecular formula is C14H13ClFN3O3. The van der Waals surface area contributed by atoms with Crippen molar-refractivity contribution in [2.24, 2.45) is 0 Å². The summed E-state index contributed by atoms with van der Waals surface area (Å²) in [6, 6.07) is 3.43. The van der Waals surface area contributed by atoms with Crippen molar-refractivity contribution in [2.45, 2.75) is 13.0 Å². The summed E-state index contributed by atoms with van der Waals surface area (Å²) >= 11 is 5.72. The molecule has 1 saturated heterocycles. The summed E-state index contributed by atoms with van der Waals surface area (Å²) in [5, 5.41) is 7.92. The molecule has 116 valence electrons. The molecule has 1 aromatic carbocycles. The predicted octanol–water partition coefficient (Wildman–Crippen LogP) is 2.38. The van der Waals surface area contributed by atoms with Gasteiger partial charge in [-0.3, -0.25) is 4.79 Å². The summed E-state index contributed by atoms with van der Waals surface area (Å²) in [7, 11) is 0. The largest absolute Gasteiger partial charge is 0.423 e. The smallest absolute Gasteiger partial charge is 0.257 e. The lowest BCUT2D eigenvalue weighted by Gasteiger charge is -2.33. The Balaban J connectivity index is 1.91. The molecule has 2 heterocycles. The molecule has 0 saturated carbocycles. The van der Waals surface area contributed by atoms with Crippen LogP contribution in [0.3, 0.4) is 0 Å². The highest BCUT2D eigenvalue weighted by atomic mass is 35.5. The maximum atomic E-state index is 14.0. The fourth-order valence-electron chi connectivity index (χ4n) is 2.32. The summed E-state index contributed by atoms with van der Waals surface area (Å²) < 4.78 is 24.7. The van der Waals surface area contributed by atoms with Gasteiger partial charge in [0.2, 0.25) is 11.8 Å². The van der Waals surface area contributed by atoms with Crippen LogP contribution in [0.2, 0.25) is 5.02 Å². The van der Waals surface area contributed by atoms with Crippen molar-refractivity contribution in [3.05, 3.63) is 46.4 Å². The van der Waals surface area contributed by atoms with Crippen molar-refractivity contribution in [3.63, 3.8) is 0 Å². The molecule has 0 bridgehead atoms. The molecule has 0 aliphatic carbocycles. The second kappa shape index (κ2) is 6.02. The predicted molar refractivity (Wildman–Crippen MR) is 75.0 cm³/mol. The van der Waals surface area contributed by atoms with E-state index in [4.69, 9.17) is 20.8 Å². The van der Waals surface area contributed by atoms with E-state index in [0.29, 0.717) is 19.0 Å². The van der Waals surface area contributed by atoms with Crippen molar-refractivity contribution in [1.82, 2.24) is 15.1 Å². The van der Waals surface area contributed by atoms with Gasteiger partial charge in [0.1, 0.15) is 11.9 Å². The van der Waals surface area contributed by atoms with E-state index in [1.807, 2.05) is 0 Å². The second-order valence-corrected chi connectivity index (χ2v) is 5.31. The van der Waals surface area contributed by atoms with Crippen LogP contribution in [0.5, 0.6) is 0 Å². The van der Waals surface area contributed by atoms with Crippen LogP contribution >= 0.6 is 11.6 Å². The number of benzene rings is 1. The molecule has 1 aliphatic heterocycles. The van der Waals surface area contributed by atoms with Gasteiger partial charge in [-0.2, -0.15) is 0 Å². The summed E-state index contributed by atoms with van der Waals surface area (Å²) in [5.41, 5.74) is -0.0486.